The first kappa shape index (κ1) is 16.3. The predicted octanol–water partition coefficient (Wildman–Crippen LogP) is 2.11. The lowest BCUT2D eigenvalue weighted by Gasteiger charge is -2.14. The summed E-state index contributed by atoms with van der Waals surface area (Å²) in [5, 5.41) is 6.16. The molecule has 2 heterocycles. The molecule has 24 heavy (non-hydrogen) atoms. The van der Waals surface area contributed by atoms with Crippen molar-refractivity contribution in [1.82, 2.24) is 15.6 Å². The normalized spacial score (nSPS) is 16.6. The number of hydrogen-bond donors (Lipinski definition) is 2. The van der Waals surface area contributed by atoms with Gasteiger partial charge in [-0.05, 0) is 31.2 Å². The highest BCUT2D eigenvalue weighted by Crippen LogP contribution is 2.31. The molecule has 1 fully saturated rings. The fourth-order valence-corrected chi connectivity index (χ4v) is 2.66. The molecule has 1 aromatic heterocycles. The number of amides is 1. The van der Waals surface area contributed by atoms with Crippen LogP contribution in [0.25, 0.3) is 0 Å². The lowest BCUT2D eigenvalue weighted by Crippen LogP contribution is -2.31. The van der Waals surface area contributed by atoms with E-state index >= 15 is 0 Å². The van der Waals surface area contributed by atoms with Gasteiger partial charge in [0.1, 0.15) is 0 Å². The second kappa shape index (κ2) is 7.79. The fraction of sp³-hybridized carbons (Fsp3) is 0.333. The highest BCUT2D eigenvalue weighted by Gasteiger charge is 2.22. The minimum absolute atomic E-state index is 0.0419. The molecule has 1 aromatic carbocycles. The van der Waals surface area contributed by atoms with E-state index in [2.05, 4.69) is 15.6 Å². The first-order chi connectivity index (χ1) is 11.8. The van der Waals surface area contributed by atoms with E-state index in [0.29, 0.717) is 23.9 Å². The van der Waals surface area contributed by atoms with Crippen LogP contribution in [-0.4, -0.2) is 31.1 Å². The van der Waals surface area contributed by atoms with Crippen LogP contribution in [0.4, 0.5) is 0 Å². The molecule has 0 radical (unpaired) electrons. The number of nitrogens with zero attached hydrogens (tertiary/aromatic N) is 1. The predicted molar refractivity (Wildman–Crippen MR) is 90.1 cm³/mol. The standard InChI is InChI=1S/C18H21N3O3/c1-23-15-6-2-3-7-16(15)24-18-14(5-4-9-20-18)12-21-17(22)13-8-10-19-11-13/h2-7,9,13,19H,8,10-12H2,1H3,(H,21,22)/t13-/m0/s1. The third kappa shape index (κ3) is 3.83. The number of nitrogens with one attached hydrogen (secondary N) is 2. The zero-order valence-corrected chi connectivity index (χ0v) is 13.6. The number of ether oxygens (including phenoxy) is 2. The summed E-state index contributed by atoms with van der Waals surface area (Å²) in [5.41, 5.74) is 0.822. The van der Waals surface area contributed by atoms with Crippen molar-refractivity contribution in [2.75, 3.05) is 20.2 Å². The molecule has 0 bridgehead atoms. The molecule has 0 saturated carbocycles. The molecule has 2 aromatic rings. The quantitative estimate of drug-likeness (QED) is 0.850. The van der Waals surface area contributed by atoms with Gasteiger partial charge in [0.25, 0.3) is 0 Å². The molecule has 1 atom stereocenters. The maximum absolute atomic E-state index is 12.2. The van der Waals surface area contributed by atoms with Crippen molar-refractivity contribution >= 4 is 5.91 Å². The molecule has 1 aliphatic heterocycles. The number of para-hydroxylation sites is 2. The molecule has 2 N–H and O–H groups in total. The highest BCUT2D eigenvalue weighted by molar-refractivity contribution is 5.79. The SMILES string of the molecule is COc1ccccc1Oc1ncccc1CNC(=O)[C@H]1CCNC1. The van der Waals surface area contributed by atoms with Crippen LogP contribution in [0.5, 0.6) is 17.4 Å². The summed E-state index contributed by atoms with van der Waals surface area (Å²) in [4.78, 5) is 16.4. The molecule has 0 unspecified atom stereocenters. The smallest absolute Gasteiger partial charge is 0.224 e. The van der Waals surface area contributed by atoms with Crippen LogP contribution in [0.3, 0.4) is 0 Å². The van der Waals surface area contributed by atoms with E-state index in [-0.39, 0.29) is 11.8 Å². The van der Waals surface area contributed by atoms with Crippen LogP contribution in [0.2, 0.25) is 0 Å². The monoisotopic (exact) mass is 327 g/mol. The number of methoxy groups -OCH3 is 1. The topological polar surface area (TPSA) is 72.5 Å². The summed E-state index contributed by atoms with van der Waals surface area (Å²) < 4.78 is 11.2. The van der Waals surface area contributed by atoms with Crippen molar-refractivity contribution in [2.45, 2.75) is 13.0 Å². The van der Waals surface area contributed by atoms with E-state index in [1.54, 1.807) is 13.3 Å². The Balaban J connectivity index is 1.69. The number of pyridine rings is 1. The summed E-state index contributed by atoms with van der Waals surface area (Å²) in [6, 6.07) is 11.1. The number of rotatable bonds is 6. The zero-order valence-electron chi connectivity index (χ0n) is 13.6. The number of aromatic nitrogens is 1. The van der Waals surface area contributed by atoms with Gasteiger partial charge < -0.3 is 20.1 Å². The van der Waals surface area contributed by atoms with E-state index < -0.39 is 0 Å². The van der Waals surface area contributed by atoms with Crippen molar-refractivity contribution in [2.24, 2.45) is 5.92 Å². The van der Waals surface area contributed by atoms with Gasteiger partial charge in [0.05, 0.1) is 13.0 Å². The zero-order chi connectivity index (χ0) is 16.8. The van der Waals surface area contributed by atoms with E-state index in [9.17, 15) is 4.79 Å². The van der Waals surface area contributed by atoms with Crippen LogP contribution in [0, 0.1) is 5.92 Å². The van der Waals surface area contributed by atoms with Crippen LogP contribution < -0.4 is 20.1 Å². The lowest BCUT2D eigenvalue weighted by atomic mass is 10.1. The van der Waals surface area contributed by atoms with Crippen LogP contribution >= 0.6 is 0 Å². The van der Waals surface area contributed by atoms with E-state index in [4.69, 9.17) is 9.47 Å². The molecular weight excluding hydrogens is 306 g/mol. The third-order valence-electron chi connectivity index (χ3n) is 4.01. The molecule has 1 aliphatic rings. The maximum atomic E-state index is 12.2. The van der Waals surface area contributed by atoms with Gasteiger partial charge >= 0.3 is 0 Å². The van der Waals surface area contributed by atoms with Crippen LogP contribution in [0.15, 0.2) is 42.6 Å². The first-order valence-corrected chi connectivity index (χ1v) is 8.01. The van der Waals surface area contributed by atoms with E-state index in [1.807, 2.05) is 36.4 Å². The average molecular weight is 327 g/mol. The summed E-state index contributed by atoms with van der Waals surface area (Å²) in [7, 11) is 1.59. The number of carbonyl (C=O) groups excluding carboxylic acids is 1. The Labute approximate surface area is 141 Å². The Kier molecular flexibility index (Phi) is 5.28. The minimum Gasteiger partial charge on any atom is -0.493 e. The fourth-order valence-electron chi connectivity index (χ4n) is 2.66. The molecule has 3 rings (SSSR count). The van der Waals surface area contributed by atoms with Crippen molar-refractivity contribution in [1.29, 1.82) is 0 Å². The maximum Gasteiger partial charge on any atom is 0.224 e. The average Bonchev–Trinajstić information content (AvgIpc) is 3.16. The number of hydrogen-bond acceptors (Lipinski definition) is 5. The Hall–Kier alpha value is -2.60. The Morgan fingerprint density at radius 2 is 2.12 bits per heavy atom. The lowest BCUT2D eigenvalue weighted by molar-refractivity contribution is -0.124. The second-order valence-corrected chi connectivity index (χ2v) is 5.63. The third-order valence-corrected chi connectivity index (χ3v) is 4.01. The van der Waals surface area contributed by atoms with E-state index in [0.717, 1.165) is 25.1 Å². The van der Waals surface area contributed by atoms with Gasteiger partial charge in [-0.2, -0.15) is 0 Å². The Morgan fingerprint density at radius 3 is 2.88 bits per heavy atom. The number of carbonyl (C=O) groups is 1. The summed E-state index contributed by atoms with van der Waals surface area (Å²) in [6.07, 6.45) is 2.54. The summed E-state index contributed by atoms with van der Waals surface area (Å²) in [6.45, 7) is 2.02. The van der Waals surface area contributed by atoms with Crippen molar-refractivity contribution < 1.29 is 14.3 Å². The van der Waals surface area contributed by atoms with E-state index in [1.165, 1.54) is 0 Å². The second-order valence-electron chi connectivity index (χ2n) is 5.63. The van der Waals surface area contributed by atoms with Gasteiger partial charge in [0.2, 0.25) is 11.8 Å². The molecule has 6 nitrogen and oxygen atoms in total. The van der Waals surface area contributed by atoms with Crippen molar-refractivity contribution in [3.8, 4) is 17.4 Å². The Morgan fingerprint density at radius 1 is 1.29 bits per heavy atom. The molecule has 0 aliphatic carbocycles. The molecule has 1 amide bonds. The van der Waals surface area contributed by atoms with Gasteiger partial charge in [0, 0.05) is 24.8 Å². The van der Waals surface area contributed by atoms with Crippen molar-refractivity contribution in [3.63, 3.8) is 0 Å². The molecule has 0 spiro atoms. The summed E-state index contributed by atoms with van der Waals surface area (Å²) in [5.74, 6) is 1.79. The molecule has 6 heteroatoms. The van der Waals surface area contributed by atoms with Crippen LogP contribution in [-0.2, 0) is 11.3 Å². The highest BCUT2D eigenvalue weighted by atomic mass is 16.5. The van der Waals surface area contributed by atoms with Gasteiger partial charge in [-0.3, -0.25) is 4.79 Å². The van der Waals surface area contributed by atoms with Gasteiger partial charge in [0.15, 0.2) is 11.5 Å². The largest absolute Gasteiger partial charge is 0.493 e. The van der Waals surface area contributed by atoms with Gasteiger partial charge in [-0.15, -0.1) is 0 Å². The summed E-state index contributed by atoms with van der Waals surface area (Å²) >= 11 is 0. The molecule has 126 valence electrons. The van der Waals surface area contributed by atoms with Gasteiger partial charge in [-0.1, -0.05) is 18.2 Å². The number of benzene rings is 1. The van der Waals surface area contributed by atoms with Gasteiger partial charge in [-0.25, -0.2) is 4.98 Å². The Bertz CT molecular complexity index is 699. The molecular formula is C18H21N3O3. The first-order valence-electron chi connectivity index (χ1n) is 8.01. The minimum atomic E-state index is 0.0419. The van der Waals surface area contributed by atoms with Crippen LogP contribution in [0.1, 0.15) is 12.0 Å². The molecule has 1 saturated heterocycles. The van der Waals surface area contributed by atoms with Crippen molar-refractivity contribution in [3.05, 3.63) is 48.2 Å².